The van der Waals surface area contributed by atoms with Gasteiger partial charge in [-0.25, -0.2) is 0 Å². The van der Waals surface area contributed by atoms with Crippen LogP contribution in [0.15, 0.2) is 18.2 Å². The van der Waals surface area contributed by atoms with E-state index in [1.807, 2.05) is 19.2 Å². The molecule has 1 aliphatic rings. The molecule has 4 heteroatoms. The van der Waals surface area contributed by atoms with Crippen molar-refractivity contribution in [3.05, 3.63) is 28.8 Å². The van der Waals surface area contributed by atoms with Crippen molar-refractivity contribution in [1.29, 1.82) is 0 Å². The molecule has 0 saturated heterocycles. The molecule has 1 aromatic rings. The quantitative estimate of drug-likeness (QED) is 0.826. The Bertz CT molecular complexity index is 416. The van der Waals surface area contributed by atoms with Crippen LogP contribution in [-0.2, 0) is 6.54 Å². The van der Waals surface area contributed by atoms with E-state index in [9.17, 15) is 5.11 Å². The van der Waals surface area contributed by atoms with E-state index in [0.717, 1.165) is 36.9 Å². The molecule has 0 aliphatic heterocycles. The third kappa shape index (κ3) is 3.37. The zero-order chi connectivity index (χ0) is 13.2. The van der Waals surface area contributed by atoms with E-state index in [4.69, 9.17) is 17.3 Å². The minimum atomic E-state index is -0.512. The van der Waals surface area contributed by atoms with E-state index in [1.165, 1.54) is 0 Å². The van der Waals surface area contributed by atoms with Gasteiger partial charge in [0, 0.05) is 23.8 Å². The van der Waals surface area contributed by atoms with Crippen molar-refractivity contribution in [2.24, 2.45) is 0 Å². The fourth-order valence-corrected chi connectivity index (χ4v) is 2.95. The second kappa shape index (κ2) is 5.47. The van der Waals surface area contributed by atoms with Crippen molar-refractivity contribution in [3.63, 3.8) is 0 Å². The van der Waals surface area contributed by atoms with E-state index in [0.29, 0.717) is 18.1 Å². The Labute approximate surface area is 114 Å². The summed E-state index contributed by atoms with van der Waals surface area (Å²) < 4.78 is 0. The molecule has 1 aromatic carbocycles. The lowest BCUT2D eigenvalue weighted by Gasteiger charge is -2.28. The maximum absolute atomic E-state index is 10.4. The van der Waals surface area contributed by atoms with Gasteiger partial charge < -0.3 is 10.8 Å². The lowest BCUT2D eigenvalue weighted by Crippen LogP contribution is -2.38. The number of halogens is 1. The highest BCUT2D eigenvalue weighted by Gasteiger charge is 2.32. The molecular weight excluding hydrogens is 248 g/mol. The monoisotopic (exact) mass is 268 g/mol. The minimum Gasteiger partial charge on any atom is -0.398 e. The van der Waals surface area contributed by atoms with Crippen LogP contribution in [0.5, 0.6) is 0 Å². The van der Waals surface area contributed by atoms with E-state index >= 15 is 0 Å². The van der Waals surface area contributed by atoms with Gasteiger partial charge in [-0.3, -0.25) is 4.90 Å². The van der Waals surface area contributed by atoms with Crippen LogP contribution in [0.25, 0.3) is 0 Å². The number of anilines is 1. The van der Waals surface area contributed by atoms with Gasteiger partial charge in [-0.1, -0.05) is 24.4 Å². The molecule has 0 unspecified atom stereocenters. The number of hydrogen-bond donors (Lipinski definition) is 2. The maximum atomic E-state index is 10.4. The molecule has 0 atom stereocenters. The van der Waals surface area contributed by atoms with Crippen LogP contribution in [0.3, 0.4) is 0 Å². The third-order valence-corrected chi connectivity index (χ3v) is 3.88. The molecule has 3 nitrogen and oxygen atoms in total. The molecule has 0 heterocycles. The molecule has 1 fully saturated rings. The van der Waals surface area contributed by atoms with Gasteiger partial charge in [0.1, 0.15) is 0 Å². The van der Waals surface area contributed by atoms with Gasteiger partial charge in [-0.2, -0.15) is 0 Å². The average molecular weight is 269 g/mol. The second-order valence-electron chi connectivity index (χ2n) is 5.45. The summed E-state index contributed by atoms with van der Waals surface area (Å²) in [7, 11) is 2.01. The molecular formula is C14H21ClN2O. The van der Waals surface area contributed by atoms with Crippen LogP contribution >= 0.6 is 11.6 Å². The molecule has 18 heavy (non-hydrogen) atoms. The number of benzene rings is 1. The SMILES string of the molecule is CN(Cc1cc(Cl)ccc1N)CC1(O)CCCC1. The topological polar surface area (TPSA) is 49.5 Å². The summed E-state index contributed by atoms with van der Waals surface area (Å²) in [5.74, 6) is 0. The Kier molecular flexibility index (Phi) is 4.15. The van der Waals surface area contributed by atoms with Gasteiger partial charge in [-0.15, -0.1) is 0 Å². The lowest BCUT2D eigenvalue weighted by atomic mass is 10.0. The van der Waals surface area contributed by atoms with Crippen LogP contribution in [0, 0.1) is 0 Å². The van der Waals surface area contributed by atoms with E-state index < -0.39 is 5.60 Å². The van der Waals surface area contributed by atoms with Gasteiger partial charge in [0.25, 0.3) is 0 Å². The Balaban J connectivity index is 1.98. The van der Waals surface area contributed by atoms with E-state index in [-0.39, 0.29) is 0 Å². The van der Waals surface area contributed by atoms with Crippen LogP contribution in [-0.4, -0.2) is 29.2 Å². The van der Waals surface area contributed by atoms with E-state index in [2.05, 4.69) is 4.90 Å². The average Bonchev–Trinajstić information content (AvgIpc) is 2.70. The highest BCUT2D eigenvalue weighted by atomic mass is 35.5. The molecule has 2 rings (SSSR count). The first-order chi connectivity index (χ1) is 8.48. The summed E-state index contributed by atoms with van der Waals surface area (Å²) in [6, 6.07) is 5.52. The minimum absolute atomic E-state index is 0.512. The van der Waals surface area contributed by atoms with Crippen molar-refractivity contribution in [1.82, 2.24) is 4.90 Å². The summed E-state index contributed by atoms with van der Waals surface area (Å²) in [6.45, 7) is 1.41. The first kappa shape index (κ1) is 13.7. The number of nitrogens with two attached hydrogens (primary N) is 1. The van der Waals surface area contributed by atoms with Crippen LogP contribution in [0.1, 0.15) is 31.2 Å². The van der Waals surface area contributed by atoms with Gasteiger partial charge in [0.2, 0.25) is 0 Å². The van der Waals surface area contributed by atoms with Crippen LogP contribution in [0.2, 0.25) is 5.02 Å². The first-order valence-electron chi connectivity index (χ1n) is 6.43. The summed E-state index contributed by atoms with van der Waals surface area (Å²) >= 11 is 5.97. The summed E-state index contributed by atoms with van der Waals surface area (Å²) in [4.78, 5) is 2.12. The molecule has 1 aliphatic carbocycles. The third-order valence-electron chi connectivity index (χ3n) is 3.64. The lowest BCUT2D eigenvalue weighted by molar-refractivity contribution is 0.0146. The highest BCUT2D eigenvalue weighted by molar-refractivity contribution is 6.30. The van der Waals surface area contributed by atoms with Crippen molar-refractivity contribution in [2.75, 3.05) is 19.3 Å². The Morgan fingerprint density at radius 2 is 2.06 bits per heavy atom. The number of likely N-dealkylation sites (N-methyl/N-ethyl adjacent to an activating group) is 1. The molecule has 3 N–H and O–H groups in total. The van der Waals surface area contributed by atoms with Crippen LogP contribution < -0.4 is 5.73 Å². The predicted molar refractivity (Wildman–Crippen MR) is 75.6 cm³/mol. The van der Waals surface area contributed by atoms with Gasteiger partial charge in [-0.05, 0) is 43.7 Å². The molecule has 0 spiro atoms. The predicted octanol–water partition coefficient (Wildman–Crippen LogP) is 2.66. The molecule has 1 saturated carbocycles. The second-order valence-corrected chi connectivity index (χ2v) is 5.88. The first-order valence-corrected chi connectivity index (χ1v) is 6.81. The van der Waals surface area contributed by atoms with Gasteiger partial charge >= 0.3 is 0 Å². The smallest absolute Gasteiger partial charge is 0.0774 e. The molecule has 100 valence electrons. The maximum Gasteiger partial charge on any atom is 0.0774 e. The standard InChI is InChI=1S/C14H21ClN2O/c1-17(10-14(18)6-2-3-7-14)9-11-8-12(15)4-5-13(11)16/h4-5,8,18H,2-3,6-7,9-10,16H2,1H3. The van der Waals surface area contributed by atoms with Crippen molar-refractivity contribution < 1.29 is 5.11 Å². The number of rotatable bonds is 4. The molecule has 0 bridgehead atoms. The van der Waals surface area contributed by atoms with Crippen molar-refractivity contribution in [2.45, 2.75) is 37.8 Å². The van der Waals surface area contributed by atoms with Crippen molar-refractivity contribution >= 4 is 17.3 Å². The zero-order valence-electron chi connectivity index (χ0n) is 10.8. The van der Waals surface area contributed by atoms with Gasteiger partial charge in [0.05, 0.1) is 5.60 Å². The van der Waals surface area contributed by atoms with Crippen molar-refractivity contribution in [3.8, 4) is 0 Å². The number of nitrogens with zero attached hydrogens (tertiary/aromatic N) is 1. The molecule has 0 aromatic heterocycles. The largest absolute Gasteiger partial charge is 0.398 e. The number of hydrogen-bond acceptors (Lipinski definition) is 3. The Morgan fingerprint density at radius 1 is 1.39 bits per heavy atom. The van der Waals surface area contributed by atoms with Gasteiger partial charge in [0.15, 0.2) is 0 Å². The molecule has 0 amide bonds. The summed E-state index contributed by atoms with van der Waals surface area (Å²) in [5.41, 5.74) is 7.19. The highest BCUT2D eigenvalue weighted by Crippen LogP contribution is 2.30. The summed E-state index contributed by atoms with van der Waals surface area (Å²) in [6.07, 6.45) is 4.07. The number of aliphatic hydroxyl groups is 1. The number of nitrogen functional groups attached to an aromatic ring is 1. The fourth-order valence-electron chi connectivity index (χ4n) is 2.75. The van der Waals surface area contributed by atoms with Crippen LogP contribution in [0.4, 0.5) is 5.69 Å². The normalized spacial score (nSPS) is 18.4. The fraction of sp³-hybridized carbons (Fsp3) is 0.571. The Hall–Kier alpha value is -0.770. The zero-order valence-corrected chi connectivity index (χ0v) is 11.6. The summed E-state index contributed by atoms with van der Waals surface area (Å²) in [5, 5.41) is 11.1. The Morgan fingerprint density at radius 3 is 2.72 bits per heavy atom. The van der Waals surface area contributed by atoms with E-state index in [1.54, 1.807) is 6.07 Å². The molecule has 0 radical (unpaired) electrons.